The molecule has 3 rings (SSSR count). The maximum Gasteiger partial charge on any atom is 0.190 e. The van der Waals surface area contributed by atoms with Crippen molar-refractivity contribution in [1.29, 1.82) is 0 Å². The maximum absolute atomic E-state index is 5.97. The van der Waals surface area contributed by atoms with Crippen molar-refractivity contribution >= 4 is 45.1 Å². The van der Waals surface area contributed by atoms with Crippen LogP contribution in [0.15, 0.2) is 22.8 Å². The molecule has 2 aromatic rings. The molecule has 0 radical (unpaired) electrons. The van der Waals surface area contributed by atoms with Gasteiger partial charge in [0, 0.05) is 28.2 Å². The first-order valence-corrected chi connectivity index (χ1v) is 10.7. The molecule has 1 aliphatic rings. The lowest BCUT2D eigenvalue weighted by Crippen LogP contribution is -2.31. The Morgan fingerprint density at radius 2 is 2.17 bits per heavy atom. The van der Waals surface area contributed by atoms with Crippen LogP contribution in [-0.4, -0.2) is 27.1 Å². The van der Waals surface area contributed by atoms with E-state index in [0.29, 0.717) is 6.61 Å². The van der Waals surface area contributed by atoms with Crippen LogP contribution >= 0.6 is 34.9 Å². The number of rotatable bonds is 6. The Hall–Kier alpha value is -0.560. The molecule has 1 aliphatic heterocycles. The molecular formula is C17H22N2OS3. The topological polar surface area (TPSA) is 35.0 Å². The summed E-state index contributed by atoms with van der Waals surface area (Å²) in [6.45, 7) is 11.0. The second-order valence-electron chi connectivity index (χ2n) is 6.17. The summed E-state index contributed by atoms with van der Waals surface area (Å²) < 4.78 is 5.97. The average Bonchev–Trinajstić information content (AvgIpc) is 2.87. The highest BCUT2D eigenvalue weighted by Gasteiger charge is 2.31. The zero-order valence-electron chi connectivity index (χ0n) is 13.8. The molecule has 0 spiro atoms. The van der Waals surface area contributed by atoms with Crippen molar-refractivity contribution in [3.8, 4) is 0 Å². The van der Waals surface area contributed by atoms with Crippen LogP contribution in [0.4, 0.5) is 0 Å². The van der Waals surface area contributed by atoms with Gasteiger partial charge in [0.25, 0.3) is 0 Å². The van der Waals surface area contributed by atoms with Crippen molar-refractivity contribution in [3.05, 3.63) is 23.1 Å². The van der Waals surface area contributed by atoms with Gasteiger partial charge in [-0.2, -0.15) is 0 Å². The zero-order chi connectivity index (χ0) is 16.4. The highest BCUT2D eigenvalue weighted by atomic mass is 32.2. The van der Waals surface area contributed by atoms with Gasteiger partial charge in [-0.05, 0) is 25.8 Å². The molecule has 6 heteroatoms. The molecular weight excluding hydrogens is 344 g/mol. The van der Waals surface area contributed by atoms with Crippen molar-refractivity contribution in [2.75, 3.05) is 11.5 Å². The van der Waals surface area contributed by atoms with Crippen LogP contribution in [0.1, 0.15) is 37.6 Å². The molecule has 0 N–H and O–H groups in total. The highest BCUT2D eigenvalue weighted by Crippen LogP contribution is 2.42. The van der Waals surface area contributed by atoms with Gasteiger partial charge >= 0.3 is 0 Å². The number of hydrogen-bond acceptors (Lipinski definition) is 6. The molecule has 0 saturated carbocycles. The fraction of sp³-hybridized carbons (Fsp3) is 0.529. The van der Waals surface area contributed by atoms with Gasteiger partial charge in [0.05, 0.1) is 12.2 Å². The summed E-state index contributed by atoms with van der Waals surface area (Å²) in [6.07, 6.45) is 3.99. The van der Waals surface area contributed by atoms with Gasteiger partial charge in [0.15, 0.2) is 5.16 Å². The van der Waals surface area contributed by atoms with E-state index in [4.69, 9.17) is 14.7 Å². The Balaban J connectivity index is 2.09. The summed E-state index contributed by atoms with van der Waals surface area (Å²) in [5.74, 6) is 1.92. The van der Waals surface area contributed by atoms with Crippen molar-refractivity contribution < 1.29 is 4.74 Å². The summed E-state index contributed by atoms with van der Waals surface area (Å²) in [5.41, 5.74) is 1.27. The molecule has 0 atom stereocenters. The molecule has 0 aliphatic carbocycles. The molecule has 0 saturated heterocycles. The molecule has 0 fully saturated rings. The third-order valence-corrected chi connectivity index (χ3v) is 6.77. The monoisotopic (exact) mass is 366 g/mol. The van der Waals surface area contributed by atoms with Crippen LogP contribution in [0, 0.1) is 0 Å². The Morgan fingerprint density at radius 3 is 2.91 bits per heavy atom. The predicted octanol–water partition coefficient (Wildman–Crippen LogP) is 5.32. The van der Waals surface area contributed by atoms with Crippen LogP contribution in [0.5, 0.6) is 0 Å². The van der Waals surface area contributed by atoms with Crippen molar-refractivity contribution in [2.45, 2.75) is 56.0 Å². The minimum atomic E-state index is -0.114. The normalized spacial score (nSPS) is 16.5. The van der Waals surface area contributed by atoms with Gasteiger partial charge in [-0.25, -0.2) is 9.97 Å². The standard InChI is InChI=1S/C17H22N2OS3/c1-5-7-21-14-13-11-9-17(3,4)20-10-12(11)23-15(13)19-16(18-14)22-8-6-2/h5H,1,6-10H2,2-4H3. The van der Waals surface area contributed by atoms with E-state index in [0.717, 1.165) is 39.4 Å². The third kappa shape index (κ3) is 3.76. The molecule has 0 aromatic carbocycles. The number of aromatic nitrogens is 2. The molecule has 0 amide bonds. The first-order valence-electron chi connectivity index (χ1n) is 7.87. The van der Waals surface area contributed by atoms with Gasteiger partial charge < -0.3 is 4.74 Å². The quantitative estimate of drug-likeness (QED) is 0.299. The fourth-order valence-electron chi connectivity index (χ4n) is 2.59. The Labute approximate surface area is 150 Å². The van der Waals surface area contributed by atoms with Crippen molar-refractivity contribution in [3.63, 3.8) is 0 Å². The SMILES string of the molecule is C=CCSc1nc(SCCC)nc2sc3c(c12)CC(C)(C)OC3. The molecule has 0 unspecified atom stereocenters. The first-order chi connectivity index (χ1) is 11.0. The Bertz CT molecular complexity index is 724. The van der Waals surface area contributed by atoms with E-state index >= 15 is 0 Å². The van der Waals surface area contributed by atoms with Gasteiger partial charge in [-0.15, -0.1) is 29.7 Å². The zero-order valence-corrected chi connectivity index (χ0v) is 16.3. The smallest absolute Gasteiger partial charge is 0.190 e. The second kappa shape index (κ2) is 7.13. The van der Waals surface area contributed by atoms with E-state index in [-0.39, 0.29) is 5.60 Å². The summed E-state index contributed by atoms with van der Waals surface area (Å²) in [5, 5.41) is 3.24. The molecule has 0 bridgehead atoms. The van der Waals surface area contributed by atoms with Crippen LogP contribution in [0.3, 0.4) is 0 Å². The number of nitrogens with zero attached hydrogens (tertiary/aromatic N) is 2. The number of ether oxygens (including phenoxy) is 1. The van der Waals surface area contributed by atoms with Crippen LogP contribution < -0.4 is 0 Å². The van der Waals surface area contributed by atoms with E-state index in [2.05, 4.69) is 27.4 Å². The minimum Gasteiger partial charge on any atom is -0.370 e. The largest absolute Gasteiger partial charge is 0.370 e. The summed E-state index contributed by atoms with van der Waals surface area (Å²) in [7, 11) is 0. The lowest BCUT2D eigenvalue weighted by Gasteiger charge is -2.30. The summed E-state index contributed by atoms with van der Waals surface area (Å²) >= 11 is 5.27. The predicted molar refractivity (Wildman–Crippen MR) is 102 cm³/mol. The van der Waals surface area contributed by atoms with Gasteiger partial charge in [0.1, 0.15) is 9.86 Å². The first kappa shape index (κ1) is 17.3. The number of thiophene rings is 1. The maximum atomic E-state index is 5.97. The summed E-state index contributed by atoms with van der Waals surface area (Å²) in [4.78, 5) is 12.1. The van der Waals surface area contributed by atoms with E-state index in [9.17, 15) is 0 Å². The molecule has 23 heavy (non-hydrogen) atoms. The van der Waals surface area contributed by atoms with E-state index in [1.54, 1.807) is 34.9 Å². The fourth-order valence-corrected chi connectivity index (χ4v) is 5.37. The van der Waals surface area contributed by atoms with Gasteiger partial charge in [-0.1, -0.05) is 24.8 Å². The molecule has 2 aromatic heterocycles. The number of hydrogen-bond donors (Lipinski definition) is 0. The second-order valence-corrected chi connectivity index (χ2v) is 9.32. The third-order valence-electron chi connectivity index (χ3n) is 3.65. The Kier molecular flexibility index (Phi) is 5.35. The lowest BCUT2D eigenvalue weighted by molar-refractivity contribution is -0.0379. The van der Waals surface area contributed by atoms with Crippen LogP contribution in [0.25, 0.3) is 10.2 Å². The van der Waals surface area contributed by atoms with Crippen LogP contribution in [-0.2, 0) is 17.8 Å². The van der Waals surface area contributed by atoms with Crippen molar-refractivity contribution in [2.24, 2.45) is 0 Å². The number of thioether (sulfide) groups is 2. The van der Waals surface area contributed by atoms with Gasteiger partial charge in [-0.3, -0.25) is 0 Å². The highest BCUT2D eigenvalue weighted by molar-refractivity contribution is 8.00. The van der Waals surface area contributed by atoms with E-state index in [1.165, 1.54) is 15.8 Å². The van der Waals surface area contributed by atoms with Crippen LogP contribution in [0.2, 0.25) is 0 Å². The summed E-state index contributed by atoms with van der Waals surface area (Å²) in [6, 6.07) is 0. The van der Waals surface area contributed by atoms with Crippen molar-refractivity contribution in [1.82, 2.24) is 9.97 Å². The molecule has 3 nitrogen and oxygen atoms in total. The molecule has 3 heterocycles. The molecule has 124 valence electrons. The minimum absolute atomic E-state index is 0.114. The van der Waals surface area contributed by atoms with Gasteiger partial charge in [0.2, 0.25) is 0 Å². The van der Waals surface area contributed by atoms with E-state index in [1.807, 2.05) is 6.08 Å². The average molecular weight is 367 g/mol. The Morgan fingerprint density at radius 1 is 1.35 bits per heavy atom. The lowest BCUT2D eigenvalue weighted by atomic mass is 9.95. The number of fused-ring (bicyclic) bond motifs is 3. The van der Waals surface area contributed by atoms with E-state index < -0.39 is 0 Å².